The molecule has 2 saturated heterocycles. The van der Waals surface area contributed by atoms with E-state index in [4.69, 9.17) is 4.74 Å². The van der Waals surface area contributed by atoms with Crippen molar-refractivity contribution in [1.29, 1.82) is 0 Å². The number of nitrogens with one attached hydrogen (secondary N) is 1. The van der Waals surface area contributed by atoms with Crippen LogP contribution in [0.5, 0.6) is 0 Å². The Morgan fingerprint density at radius 1 is 0.942 bits per heavy atom. The van der Waals surface area contributed by atoms with E-state index in [-0.39, 0.29) is 18.7 Å². The summed E-state index contributed by atoms with van der Waals surface area (Å²) in [6, 6.07) is 36.1. The van der Waals surface area contributed by atoms with Crippen LogP contribution in [-0.2, 0) is 24.5 Å². The lowest BCUT2D eigenvalue weighted by molar-refractivity contribution is -0.166. The van der Waals surface area contributed by atoms with Gasteiger partial charge in [0.05, 0.1) is 31.3 Å². The van der Waals surface area contributed by atoms with E-state index in [1.54, 1.807) is 31.2 Å². The Bertz CT molecular complexity index is 1880. The van der Waals surface area contributed by atoms with E-state index in [2.05, 4.69) is 53.0 Å². The van der Waals surface area contributed by atoms with E-state index < -0.39 is 55.5 Å². The number of rotatable bonds is 12. The first kappa shape index (κ1) is 36.7. The molecule has 0 saturated carbocycles. The van der Waals surface area contributed by atoms with Gasteiger partial charge >= 0.3 is 12.1 Å². The van der Waals surface area contributed by atoms with E-state index in [0.717, 1.165) is 27.9 Å². The summed E-state index contributed by atoms with van der Waals surface area (Å²) in [5.41, 5.74) is 2.35. The van der Waals surface area contributed by atoms with Crippen molar-refractivity contribution in [3.63, 3.8) is 0 Å². The minimum atomic E-state index is -1.19. The van der Waals surface area contributed by atoms with E-state index in [9.17, 15) is 24.6 Å². The van der Waals surface area contributed by atoms with Gasteiger partial charge in [0.15, 0.2) is 0 Å². The highest BCUT2D eigenvalue weighted by atomic mass is 31.1. The quantitative estimate of drug-likeness (QED) is 0.0494. The summed E-state index contributed by atoms with van der Waals surface area (Å²) in [4.78, 5) is 42.2. The molecule has 10 heteroatoms. The van der Waals surface area contributed by atoms with Gasteiger partial charge in [-0.1, -0.05) is 116 Å². The van der Waals surface area contributed by atoms with Gasteiger partial charge in [-0.05, 0) is 68.0 Å². The molecule has 4 aromatic rings. The lowest BCUT2D eigenvalue weighted by Gasteiger charge is -2.51. The number of hydrogen-bond donors (Lipinski definition) is 3. The number of amides is 2. The minimum absolute atomic E-state index is 0.0313. The second-order valence-electron chi connectivity index (χ2n) is 13.0. The molecule has 0 aliphatic carbocycles. The average molecular weight is 719 g/mol. The molecule has 2 unspecified atom stereocenters. The first-order valence-electron chi connectivity index (χ1n) is 17.3. The molecule has 6 rings (SSSR count). The molecule has 9 nitrogen and oxygen atoms in total. The van der Waals surface area contributed by atoms with Crippen molar-refractivity contribution in [3.05, 3.63) is 156 Å². The Balaban J connectivity index is 1.55. The second-order valence-corrected chi connectivity index (χ2v) is 15.3. The molecule has 2 aliphatic heterocycles. The first-order chi connectivity index (χ1) is 25.2. The fourth-order valence-corrected chi connectivity index (χ4v) is 10.7. The van der Waals surface area contributed by atoms with Gasteiger partial charge < -0.3 is 24.6 Å². The van der Waals surface area contributed by atoms with E-state index in [0.29, 0.717) is 17.7 Å². The summed E-state index contributed by atoms with van der Waals surface area (Å²) < 4.78 is 10.5. The Morgan fingerprint density at radius 3 is 2.06 bits per heavy atom. The molecule has 2 heterocycles. The standard InChI is InChI=1S/C42H43N2O7P/c1-4-25-51-40(48)37(44-34(36(28(2)45)39(44)47)27-35(46)29-20-22-32(23-21-29)43-41(49)50-3)38-42(30-14-8-5-9-15-30,31-16-10-6-11-17-31)24-26-52(38)33-18-12-7-13-19-33/h4-23,28,34-36,45-46H,1,24-27H2,2-3H3,(H,43,49)/t28-,34-,35?,36-,52?/m1/s1. The second kappa shape index (κ2) is 16.1. The molecule has 2 aliphatic rings. The molecule has 0 radical (unpaired) electrons. The van der Waals surface area contributed by atoms with Crippen LogP contribution < -0.4 is 10.6 Å². The number of aliphatic hydroxyl groups is 2. The molecule has 268 valence electrons. The maximum Gasteiger partial charge on any atom is 0.411 e. The number of likely N-dealkylation sites (tertiary alicyclic amines) is 1. The molecule has 5 atom stereocenters. The first-order valence-corrected chi connectivity index (χ1v) is 18.8. The van der Waals surface area contributed by atoms with Gasteiger partial charge in [0.25, 0.3) is 0 Å². The fourth-order valence-electron chi connectivity index (χ4n) is 7.57. The minimum Gasteiger partial charge on any atom is -0.457 e. The number of β-lactam (4-membered cyclic amide) rings is 1. The van der Waals surface area contributed by atoms with Gasteiger partial charge in [0.2, 0.25) is 5.91 Å². The van der Waals surface area contributed by atoms with Crippen LogP contribution in [0.3, 0.4) is 0 Å². The molecule has 0 spiro atoms. The maximum atomic E-state index is 14.6. The predicted octanol–water partition coefficient (Wildman–Crippen LogP) is 6.63. The summed E-state index contributed by atoms with van der Waals surface area (Å²) in [5, 5.41) is 27.0. The zero-order valence-electron chi connectivity index (χ0n) is 29.2. The molecular weight excluding hydrogens is 675 g/mol. The summed E-state index contributed by atoms with van der Waals surface area (Å²) in [6.07, 6.45) is 0.210. The summed E-state index contributed by atoms with van der Waals surface area (Å²) in [7, 11) is 0.0858. The van der Waals surface area contributed by atoms with Crippen molar-refractivity contribution in [2.75, 3.05) is 25.2 Å². The predicted molar refractivity (Wildman–Crippen MR) is 202 cm³/mol. The number of anilines is 1. The lowest BCUT2D eigenvalue weighted by atomic mass is 9.71. The Hall–Kier alpha value is -5.08. The van der Waals surface area contributed by atoms with Crippen molar-refractivity contribution in [2.24, 2.45) is 5.92 Å². The van der Waals surface area contributed by atoms with Gasteiger partial charge in [-0.25, -0.2) is 9.59 Å². The van der Waals surface area contributed by atoms with Crippen LogP contribution in [0.4, 0.5) is 10.5 Å². The number of benzene rings is 4. The molecule has 4 aromatic carbocycles. The number of carbonyl (C=O) groups excluding carboxylic acids is 3. The Morgan fingerprint density at radius 2 is 1.52 bits per heavy atom. The number of ether oxygens (including phenoxy) is 2. The number of allylic oxidation sites excluding steroid dienone is 1. The van der Waals surface area contributed by atoms with Gasteiger partial charge in [-0.2, -0.15) is 0 Å². The van der Waals surface area contributed by atoms with Crippen LogP contribution >= 0.6 is 7.92 Å². The topological polar surface area (TPSA) is 125 Å². The molecular formula is C42H43N2O7P. The third-order valence-electron chi connectivity index (χ3n) is 9.96. The van der Waals surface area contributed by atoms with Gasteiger partial charge in [0, 0.05) is 16.4 Å². The van der Waals surface area contributed by atoms with E-state index in [1.165, 1.54) is 18.1 Å². The number of aliphatic hydroxyl groups excluding tert-OH is 2. The van der Waals surface area contributed by atoms with E-state index in [1.807, 2.05) is 54.6 Å². The van der Waals surface area contributed by atoms with Gasteiger partial charge in [-0.3, -0.25) is 10.1 Å². The SMILES string of the molecule is C=CCOC(=O)C(=C1P(c2ccccc2)CCC1(c1ccccc1)c1ccccc1)N1C(=O)[C@H]([C@@H](C)O)[C@H]1CC(O)c1ccc(NC(=O)OC)cc1. The van der Waals surface area contributed by atoms with Crippen LogP contribution in [0.15, 0.2) is 139 Å². The fraction of sp³-hybridized carbons (Fsp3) is 0.262. The zero-order valence-corrected chi connectivity index (χ0v) is 30.1. The van der Waals surface area contributed by atoms with Crippen molar-refractivity contribution in [3.8, 4) is 0 Å². The Kier molecular flexibility index (Phi) is 11.3. The molecule has 52 heavy (non-hydrogen) atoms. The number of methoxy groups -OCH3 is 1. The molecule has 3 N–H and O–H groups in total. The van der Waals surface area contributed by atoms with Crippen LogP contribution in [0.25, 0.3) is 0 Å². The van der Waals surface area contributed by atoms with Crippen molar-refractivity contribution in [2.45, 2.75) is 43.4 Å². The average Bonchev–Trinajstić information content (AvgIpc) is 3.57. The van der Waals surface area contributed by atoms with Crippen molar-refractivity contribution < 1.29 is 34.1 Å². The molecule has 0 aromatic heterocycles. The smallest absolute Gasteiger partial charge is 0.411 e. The highest BCUT2D eigenvalue weighted by Crippen LogP contribution is 2.66. The normalized spacial score (nSPS) is 21.3. The number of nitrogens with zero attached hydrogens (tertiary/aromatic N) is 1. The van der Waals surface area contributed by atoms with Crippen molar-refractivity contribution >= 4 is 36.9 Å². The number of carbonyl (C=O) groups is 3. The third-order valence-corrected chi connectivity index (χ3v) is 12.7. The van der Waals surface area contributed by atoms with Crippen LogP contribution in [-0.4, -0.2) is 65.1 Å². The monoisotopic (exact) mass is 718 g/mol. The zero-order chi connectivity index (χ0) is 36.8. The lowest BCUT2D eigenvalue weighted by Crippen LogP contribution is -2.65. The highest BCUT2D eigenvalue weighted by molar-refractivity contribution is 7.70. The maximum absolute atomic E-state index is 14.6. The van der Waals surface area contributed by atoms with Crippen LogP contribution in [0.1, 0.15) is 42.6 Å². The van der Waals surface area contributed by atoms with Crippen LogP contribution in [0.2, 0.25) is 0 Å². The summed E-state index contributed by atoms with van der Waals surface area (Å²) in [5.74, 6) is -1.94. The van der Waals surface area contributed by atoms with Gasteiger partial charge in [0.1, 0.15) is 12.3 Å². The molecule has 2 amide bonds. The number of esters is 1. The largest absolute Gasteiger partial charge is 0.457 e. The van der Waals surface area contributed by atoms with Crippen molar-refractivity contribution in [1.82, 2.24) is 4.90 Å². The van der Waals surface area contributed by atoms with Crippen LogP contribution in [0, 0.1) is 5.92 Å². The molecule has 2 fully saturated rings. The Labute approximate surface area is 305 Å². The molecule has 0 bridgehead atoms. The summed E-state index contributed by atoms with van der Waals surface area (Å²) in [6.45, 7) is 5.24. The van der Waals surface area contributed by atoms with E-state index >= 15 is 0 Å². The summed E-state index contributed by atoms with van der Waals surface area (Å²) >= 11 is 0. The highest BCUT2D eigenvalue weighted by Gasteiger charge is 2.57. The third kappa shape index (κ3) is 7.04. The number of hydrogen-bond acceptors (Lipinski definition) is 7. The van der Waals surface area contributed by atoms with Gasteiger partial charge in [-0.15, -0.1) is 0 Å².